The first-order valence-electron chi connectivity index (χ1n) is 6.24. The highest BCUT2D eigenvalue weighted by molar-refractivity contribution is 5.14. The highest BCUT2D eigenvalue weighted by Gasteiger charge is 2.09. The van der Waals surface area contributed by atoms with Crippen molar-refractivity contribution in [1.29, 1.82) is 0 Å². The van der Waals surface area contributed by atoms with Crippen LogP contribution in [0.4, 0.5) is 0 Å². The molecule has 0 radical (unpaired) electrons. The second-order valence-electron chi connectivity index (χ2n) is 4.49. The van der Waals surface area contributed by atoms with Crippen molar-refractivity contribution in [2.45, 2.75) is 32.7 Å². The molecular weight excluding hydrogens is 196 g/mol. The molecule has 0 amide bonds. The zero-order valence-electron chi connectivity index (χ0n) is 10.4. The molecular formula is C14H24N2. The van der Waals surface area contributed by atoms with Crippen LogP contribution in [0.15, 0.2) is 30.3 Å². The molecule has 0 fully saturated rings. The number of hydrogen-bond donors (Lipinski definition) is 2. The average molecular weight is 220 g/mol. The molecule has 0 aliphatic heterocycles. The third kappa shape index (κ3) is 4.77. The van der Waals surface area contributed by atoms with Crippen molar-refractivity contribution in [2.24, 2.45) is 11.7 Å². The van der Waals surface area contributed by atoms with E-state index in [0.717, 1.165) is 25.9 Å². The Kier molecular flexibility index (Phi) is 6.12. The van der Waals surface area contributed by atoms with Gasteiger partial charge in [-0.1, -0.05) is 50.6 Å². The number of benzene rings is 1. The van der Waals surface area contributed by atoms with Gasteiger partial charge < -0.3 is 11.1 Å². The van der Waals surface area contributed by atoms with Crippen LogP contribution in [0.1, 0.15) is 25.8 Å². The van der Waals surface area contributed by atoms with Crippen LogP contribution in [0.2, 0.25) is 0 Å². The summed E-state index contributed by atoms with van der Waals surface area (Å²) in [6.07, 6.45) is 2.23. The molecule has 2 nitrogen and oxygen atoms in total. The van der Waals surface area contributed by atoms with Crippen molar-refractivity contribution in [3.05, 3.63) is 35.9 Å². The van der Waals surface area contributed by atoms with E-state index in [9.17, 15) is 0 Å². The Morgan fingerprint density at radius 3 is 2.56 bits per heavy atom. The molecule has 1 aromatic rings. The van der Waals surface area contributed by atoms with Crippen LogP contribution < -0.4 is 11.1 Å². The third-order valence-electron chi connectivity index (χ3n) is 3.19. The summed E-state index contributed by atoms with van der Waals surface area (Å²) in [7, 11) is 0. The zero-order chi connectivity index (χ0) is 11.8. The lowest BCUT2D eigenvalue weighted by Crippen LogP contribution is -2.39. The first kappa shape index (κ1) is 13.2. The molecule has 0 aliphatic rings. The van der Waals surface area contributed by atoms with Crippen LogP contribution in [-0.4, -0.2) is 19.1 Å². The molecule has 0 saturated carbocycles. The molecule has 2 atom stereocenters. The van der Waals surface area contributed by atoms with E-state index in [4.69, 9.17) is 5.73 Å². The smallest absolute Gasteiger partial charge is 0.0191 e. The van der Waals surface area contributed by atoms with Crippen molar-refractivity contribution in [3.8, 4) is 0 Å². The van der Waals surface area contributed by atoms with E-state index in [0.29, 0.717) is 5.92 Å². The van der Waals surface area contributed by atoms with Crippen molar-refractivity contribution < 1.29 is 0 Å². The first-order chi connectivity index (χ1) is 7.74. The summed E-state index contributed by atoms with van der Waals surface area (Å²) in [5.41, 5.74) is 7.43. The van der Waals surface area contributed by atoms with Crippen LogP contribution in [-0.2, 0) is 6.42 Å². The minimum atomic E-state index is 0.278. The Balaban J connectivity index is 2.13. The Morgan fingerprint density at radius 1 is 1.25 bits per heavy atom. The lowest BCUT2D eigenvalue weighted by molar-refractivity contribution is 0.420. The lowest BCUT2D eigenvalue weighted by atomic mass is 10.0. The van der Waals surface area contributed by atoms with E-state index in [2.05, 4.69) is 49.5 Å². The summed E-state index contributed by atoms with van der Waals surface area (Å²) in [6.45, 7) is 6.33. The molecule has 1 rings (SSSR count). The highest BCUT2D eigenvalue weighted by atomic mass is 14.9. The maximum absolute atomic E-state index is 6.04. The number of nitrogens with two attached hydrogens (primary N) is 1. The molecule has 0 bridgehead atoms. The normalized spacial score (nSPS) is 14.7. The van der Waals surface area contributed by atoms with Gasteiger partial charge in [0.25, 0.3) is 0 Å². The van der Waals surface area contributed by atoms with Gasteiger partial charge in [0.2, 0.25) is 0 Å². The minimum absolute atomic E-state index is 0.278. The molecule has 1 aromatic carbocycles. The maximum atomic E-state index is 6.04. The Bertz CT molecular complexity index is 271. The van der Waals surface area contributed by atoms with Crippen molar-refractivity contribution in [1.82, 2.24) is 5.32 Å². The topological polar surface area (TPSA) is 38.0 Å². The third-order valence-corrected chi connectivity index (χ3v) is 3.19. The molecule has 0 unspecified atom stereocenters. The Morgan fingerprint density at radius 2 is 1.94 bits per heavy atom. The van der Waals surface area contributed by atoms with Gasteiger partial charge in [0, 0.05) is 12.6 Å². The van der Waals surface area contributed by atoms with Crippen LogP contribution in [0.5, 0.6) is 0 Å². The van der Waals surface area contributed by atoms with Gasteiger partial charge in [0.05, 0.1) is 0 Å². The van der Waals surface area contributed by atoms with Gasteiger partial charge in [-0.05, 0) is 24.4 Å². The van der Waals surface area contributed by atoms with Gasteiger partial charge in [0.1, 0.15) is 0 Å². The Labute approximate surface area is 99.2 Å². The summed E-state index contributed by atoms with van der Waals surface area (Å²) in [5, 5.41) is 3.42. The second-order valence-corrected chi connectivity index (χ2v) is 4.49. The molecule has 2 heteroatoms. The van der Waals surface area contributed by atoms with Crippen molar-refractivity contribution >= 4 is 0 Å². The number of nitrogens with one attached hydrogen (secondary N) is 1. The minimum Gasteiger partial charge on any atom is -0.326 e. The van der Waals surface area contributed by atoms with Gasteiger partial charge in [0.15, 0.2) is 0 Å². The number of rotatable bonds is 7. The molecule has 0 saturated heterocycles. The fourth-order valence-corrected chi connectivity index (χ4v) is 1.65. The average Bonchev–Trinajstić information content (AvgIpc) is 2.34. The standard InChI is InChI=1S/C14H24N2/c1-3-12(2)14(15)11-16-10-9-13-7-5-4-6-8-13/h4-8,12,14,16H,3,9-11,15H2,1-2H3/t12-,14+/m0/s1. The zero-order valence-corrected chi connectivity index (χ0v) is 10.4. The SMILES string of the molecule is CC[C@H](C)[C@H](N)CNCCc1ccccc1. The van der Waals surface area contributed by atoms with Gasteiger partial charge >= 0.3 is 0 Å². The van der Waals surface area contributed by atoms with E-state index in [-0.39, 0.29) is 6.04 Å². The molecule has 90 valence electrons. The van der Waals surface area contributed by atoms with Crippen LogP contribution in [0.25, 0.3) is 0 Å². The molecule has 0 spiro atoms. The summed E-state index contributed by atoms with van der Waals surface area (Å²) < 4.78 is 0. The molecule has 0 aromatic heterocycles. The van der Waals surface area contributed by atoms with E-state index < -0.39 is 0 Å². The summed E-state index contributed by atoms with van der Waals surface area (Å²) in [6, 6.07) is 10.8. The van der Waals surface area contributed by atoms with Gasteiger partial charge in [-0.3, -0.25) is 0 Å². The number of hydrogen-bond acceptors (Lipinski definition) is 2. The molecule has 3 N–H and O–H groups in total. The summed E-state index contributed by atoms with van der Waals surface area (Å²) >= 11 is 0. The molecule has 0 aliphatic carbocycles. The molecule has 0 heterocycles. The predicted molar refractivity (Wildman–Crippen MR) is 70.4 cm³/mol. The molecule has 16 heavy (non-hydrogen) atoms. The van der Waals surface area contributed by atoms with E-state index in [1.807, 2.05) is 0 Å². The Hall–Kier alpha value is -0.860. The summed E-state index contributed by atoms with van der Waals surface area (Å²) in [4.78, 5) is 0. The van der Waals surface area contributed by atoms with Crippen LogP contribution >= 0.6 is 0 Å². The van der Waals surface area contributed by atoms with Gasteiger partial charge in [-0.2, -0.15) is 0 Å². The monoisotopic (exact) mass is 220 g/mol. The van der Waals surface area contributed by atoms with Gasteiger partial charge in [-0.15, -0.1) is 0 Å². The fourth-order valence-electron chi connectivity index (χ4n) is 1.65. The maximum Gasteiger partial charge on any atom is 0.0191 e. The highest BCUT2D eigenvalue weighted by Crippen LogP contribution is 2.04. The van der Waals surface area contributed by atoms with Gasteiger partial charge in [-0.25, -0.2) is 0 Å². The van der Waals surface area contributed by atoms with E-state index in [1.54, 1.807) is 0 Å². The van der Waals surface area contributed by atoms with Crippen molar-refractivity contribution in [3.63, 3.8) is 0 Å². The lowest BCUT2D eigenvalue weighted by Gasteiger charge is -2.18. The van der Waals surface area contributed by atoms with Crippen molar-refractivity contribution in [2.75, 3.05) is 13.1 Å². The van der Waals surface area contributed by atoms with E-state index in [1.165, 1.54) is 5.56 Å². The quantitative estimate of drug-likeness (QED) is 0.691. The van der Waals surface area contributed by atoms with Crippen LogP contribution in [0, 0.1) is 5.92 Å². The second kappa shape index (κ2) is 7.42. The fraction of sp³-hybridized carbons (Fsp3) is 0.571. The first-order valence-corrected chi connectivity index (χ1v) is 6.24. The van der Waals surface area contributed by atoms with Crippen LogP contribution in [0.3, 0.4) is 0 Å². The van der Waals surface area contributed by atoms with E-state index >= 15 is 0 Å². The summed E-state index contributed by atoms with van der Waals surface area (Å²) in [5.74, 6) is 0.601. The largest absolute Gasteiger partial charge is 0.326 e. The predicted octanol–water partition coefficient (Wildman–Crippen LogP) is 2.19.